The summed E-state index contributed by atoms with van der Waals surface area (Å²) in [5, 5.41) is 0. The summed E-state index contributed by atoms with van der Waals surface area (Å²) in [5.74, 6) is 0. The van der Waals surface area contributed by atoms with Crippen LogP contribution in [0, 0.1) is 0 Å². The molecule has 1 spiro atoms. The summed E-state index contributed by atoms with van der Waals surface area (Å²) in [5.41, 5.74) is -0.0604. The summed E-state index contributed by atoms with van der Waals surface area (Å²) < 4.78 is 10.8. The molecule has 1 saturated heterocycles. The molecular weight excluding hydrogens is 320 g/mol. The molecule has 0 saturated carbocycles. The molecule has 0 aromatic heterocycles. The van der Waals surface area contributed by atoms with Crippen LogP contribution >= 0.6 is 0 Å². The second-order valence-electron chi connectivity index (χ2n) is 7.49. The van der Waals surface area contributed by atoms with Crippen LogP contribution in [0.3, 0.4) is 0 Å². The number of benzene rings is 1. The van der Waals surface area contributed by atoms with E-state index in [4.69, 9.17) is 9.47 Å². The maximum atomic E-state index is 12.4. The zero-order valence-electron chi connectivity index (χ0n) is 14.9. The second-order valence-corrected chi connectivity index (χ2v) is 7.49. The molecule has 0 aliphatic carbocycles. The molecule has 6 heteroatoms. The van der Waals surface area contributed by atoms with E-state index in [1.807, 2.05) is 63.3 Å². The van der Waals surface area contributed by atoms with Gasteiger partial charge in [0.1, 0.15) is 17.7 Å². The van der Waals surface area contributed by atoms with Gasteiger partial charge in [-0.05, 0) is 26.3 Å². The highest BCUT2D eigenvalue weighted by Crippen LogP contribution is 2.34. The average Bonchev–Trinajstić information content (AvgIpc) is 2.95. The number of hydrogen-bond donors (Lipinski definition) is 0. The SMILES string of the molecule is CC(C)(C)OC(=O)N1CC=CC12CN(C(=O)OCc1ccccc1)C2. The summed E-state index contributed by atoms with van der Waals surface area (Å²) in [4.78, 5) is 27.9. The van der Waals surface area contributed by atoms with E-state index in [9.17, 15) is 9.59 Å². The maximum Gasteiger partial charge on any atom is 0.411 e. The molecule has 2 heterocycles. The van der Waals surface area contributed by atoms with Gasteiger partial charge >= 0.3 is 12.2 Å². The van der Waals surface area contributed by atoms with E-state index in [1.165, 1.54) is 0 Å². The monoisotopic (exact) mass is 344 g/mol. The first-order valence-corrected chi connectivity index (χ1v) is 8.43. The third kappa shape index (κ3) is 3.78. The van der Waals surface area contributed by atoms with E-state index in [1.54, 1.807) is 9.80 Å². The molecule has 6 nitrogen and oxygen atoms in total. The highest BCUT2D eigenvalue weighted by molar-refractivity contribution is 5.74. The van der Waals surface area contributed by atoms with Crippen LogP contribution in [0.1, 0.15) is 26.3 Å². The van der Waals surface area contributed by atoms with Crippen LogP contribution in [-0.2, 0) is 16.1 Å². The topological polar surface area (TPSA) is 59.1 Å². The van der Waals surface area contributed by atoms with Crippen molar-refractivity contribution in [1.82, 2.24) is 9.80 Å². The molecule has 0 unspecified atom stereocenters. The Hall–Kier alpha value is -2.50. The Bertz CT molecular complexity index is 672. The lowest BCUT2D eigenvalue weighted by atomic mass is 9.90. The summed E-state index contributed by atoms with van der Waals surface area (Å²) in [6.07, 6.45) is 3.21. The number of carbonyl (C=O) groups is 2. The van der Waals surface area contributed by atoms with Crippen LogP contribution in [0.15, 0.2) is 42.5 Å². The standard InChI is InChI=1S/C19H24N2O4/c1-18(2,3)25-17(23)21-11-7-10-19(21)13-20(14-19)16(22)24-12-15-8-5-4-6-9-15/h4-10H,11-14H2,1-3H3. The predicted molar refractivity (Wildman–Crippen MR) is 93.0 cm³/mol. The lowest BCUT2D eigenvalue weighted by Gasteiger charge is -2.50. The van der Waals surface area contributed by atoms with Gasteiger partial charge in [-0.3, -0.25) is 4.90 Å². The lowest BCUT2D eigenvalue weighted by Crippen LogP contribution is -2.70. The van der Waals surface area contributed by atoms with Crippen LogP contribution in [0.25, 0.3) is 0 Å². The maximum absolute atomic E-state index is 12.4. The van der Waals surface area contributed by atoms with Crippen molar-refractivity contribution in [3.63, 3.8) is 0 Å². The van der Waals surface area contributed by atoms with E-state index in [-0.39, 0.29) is 18.8 Å². The van der Waals surface area contributed by atoms with E-state index in [2.05, 4.69) is 0 Å². The quantitative estimate of drug-likeness (QED) is 0.773. The summed E-state index contributed by atoms with van der Waals surface area (Å²) in [6, 6.07) is 9.56. The average molecular weight is 344 g/mol. The molecule has 0 atom stereocenters. The fourth-order valence-corrected chi connectivity index (χ4v) is 3.05. The molecule has 3 rings (SSSR count). The molecular formula is C19H24N2O4. The fraction of sp³-hybridized carbons (Fsp3) is 0.474. The van der Waals surface area contributed by atoms with Gasteiger partial charge in [0.2, 0.25) is 0 Å². The highest BCUT2D eigenvalue weighted by atomic mass is 16.6. The molecule has 0 radical (unpaired) electrons. The minimum atomic E-state index is -0.543. The van der Waals surface area contributed by atoms with Crippen molar-refractivity contribution in [2.45, 2.75) is 38.5 Å². The molecule has 0 bridgehead atoms. The van der Waals surface area contributed by atoms with Gasteiger partial charge < -0.3 is 14.4 Å². The van der Waals surface area contributed by atoms with Crippen LogP contribution in [0.4, 0.5) is 9.59 Å². The van der Waals surface area contributed by atoms with Gasteiger partial charge in [-0.2, -0.15) is 0 Å². The molecule has 1 aromatic carbocycles. The first-order chi connectivity index (χ1) is 11.8. The zero-order valence-corrected chi connectivity index (χ0v) is 14.9. The number of ether oxygens (including phenoxy) is 2. The third-order valence-electron chi connectivity index (χ3n) is 4.26. The zero-order chi connectivity index (χ0) is 18.1. The highest BCUT2D eigenvalue weighted by Gasteiger charge is 2.52. The van der Waals surface area contributed by atoms with Crippen LogP contribution in [-0.4, -0.2) is 52.8 Å². The number of amides is 2. The number of likely N-dealkylation sites (tertiary alicyclic amines) is 1. The summed E-state index contributed by atoms with van der Waals surface area (Å²) >= 11 is 0. The molecule has 2 aliphatic rings. The second kappa shape index (κ2) is 6.43. The smallest absolute Gasteiger partial charge is 0.411 e. The van der Waals surface area contributed by atoms with Crippen molar-refractivity contribution in [1.29, 1.82) is 0 Å². The van der Waals surface area contributed by atoms with Gasteiger partial charge in [0.25, 0.3) is 0 Å². The van der Waals surface area contributed by atoms with Gasteiger partial charge in [-0.15, -0.1) is 0 Å². The predicted octanol–water partition coefficient (Wildman–Crippen LogP) is 3.18. The molecule has 134 valence electrons. The normalized spacial score (nSPS) is 18.2. The van der Waals surface area contributed by atoms with Crippen molar-refractivity contribution >= 4 is 12.2 Å². The summed E-state index contributed by atoms with van der Waals surface area (Å²) in [6.45, 7) is 7.13. The Morgan fingerprint density at radius 2 is 1.80 bits per heavy atom. The van der Waals surface area contributed by atoms with Crippen molar-refractivity contribution in [3.8, 4) is 0 Å². The first kappa shape index (κ1) is 17.3. The Kier molecular flexibility index (Phi) is 4.45. The number of hydrogen-bond acceptors (Lipinski definition) is 4. The van der Waals surface area contributed by atoms with Gasteiger partial charge in [0.15, 0.2) is 0 Å². The van der Waals surface area contributed by atoms with Crippen LogP contribution in [0.2, 0.25) is 0 Å². The van der Waals surface area contributed by atoms with Crippen molar-refractivity contribution < 1.29 is 19.1 Å². The van der Waals surface area contributed by atoms with Gasteiger partial charge in [-0.25, -0.2) is 9.59 Å². The molecule has 25 heavy (non-hydrogen) atoms. The molecule has 1 aromatic rings. The van der Waals surface area contributed by atoms with E-state index in [0.29, 0.717) is 19.6 Å². The van der Waals surface area contributed by atoms with Crippen LogP contribution < -0.4 is 0 Å². The van der Waals surface area contributed by atoms with E-state index in [0.717, 1.165) is 5.56 Å². The van der Waals surface area contributed by atoms with Crippen LogP contribution in [0.5, 0.6) is 0 Å². The van der Waals surface area contributed by atoms with Crippen molar-refractivity contribution in [2.75, 3.05) is 19.6 Å². The Labute approximate surface area is 148 Å². The van der Waals surface area contributed by atoms with Gasteiger partial charge in [0.05, 0.1) is 13.1 Å². The minimum absolute atomic E-state index is 0.245. The summed E-state index contributed by atoms with van der Waals surface area (Å²) in [7, 11) is 0. The Morgan fingerprint density at radius 1 is 1.12 bits per heavy atom. The van der Waals surface area contributed by atoms with E-state index < -0.39 is 11.1 Å². The first-order valence-electron chi connectivity index (χ1n) is 8.43. The van der Waals surface area contributed by atoms with Gasteiger partial charge in [0, 0.05) is 6.54 Å². The number of carbonyl (C=O) groups excluding carboxylic acids is 2. The van der Waals surface area contributed by atoms with E-state index >= 15 is 0 Å². The molecule has 0 N–H and O–H groups in total. The van der Waals surface area contributed by atoms with Crippen molar-refractivity contribution in [2.24, 2.45) is 0 Å². The molecule has 1 fully saturated rings. The minimum Gasteiger partial charge on any atom is -0.445 e. The molecule has 2 amide bonds. The number of nitrogens with zero attached hydrogens (tertiary/aromatic N) is 2. The third-order valence-corrected chi connectivity index (χ3v) is 4.26. The van der Waals surface area contributed by atoms with Crippen molar-refractivity contribution in [3.05, 3.63) is 48.0 Å². The Balaban J connectivity index is 1.53. The molecule has 2 aliphatic heterocycles. The Morgan fingerprint density at radius 3 is 2.44 bits per heavy atom. The number of rotatable bonds is 2. The largest absolute Gasteiger partial charge is 0.445 e. The van der Waals surface area contributed by atoms with Gasteiger partial charge in [-0.1, -0.05) is 42.5 Å². The fourth-order valence-electron chi connectivity index (χ4n) is 3.05. The lowest BCUT2D eigenvalue weighted by molar-refractivity contribution is -0.0317.